The van der Waals surface area contributed by atoms with E-state index in [2.05, 4.69) is 20.3 Å². The third kappa shape index (κ3) is 4.14. The minimum absolute atomic E-state index is 0.0112. The summed E-state index contributed by atoms with van der Waals surface area (Å²) in [5.41, 5.74) is 4.98. The fourth-order valence-electron chi connectivity index (χ4n) is 3.06. The predicted molar refractivity (Wildman–Crippen MR) is 110 cm³/mol. The Bertz CT molecular complexity index is 1270. The summed E-state index contributed by atoms with van der Waals surface area (Å²) in [6.07, 6.45) is -2.99. The average molecular weight is 463 g/mol. The van der Waals surface area contributed by atoms with Crippen molar-refractivity contribution in [3.63, 3.8) is 0 Å². The van der Waals surface area contributed by atoms with Crippen LogP contribution in [-0.4, -0.2) is 28.0 Å². The number of rotatable bonds is 6. The molecule has 0 aliphatic heterocycles. The SMILES string of the molecule is COc1ccc(-c2nc(C(=O)NCc3nccs3)c(CN)o2)c2ccc(C(F)(F)F)nc12. The molecule has 166 valence electrons. The minimum Gasteiger partial charge on any atom is -0.494 e. The zero-order valence-electron chi connectivity index (χ0n) is 16.6. The van der Waals surface area contributed by atoms with Crippen LogP contribution in [0.25, 0.3) is 22.4 Å². The summed E-state index contributed by atoms with van der Waals surface area (Å²) in [7, 11) is 1.33. The molecule has 3 aromatic heterocycles. The van der Waals surface area contributed by atoms with E-state index in [1.807, 2.05) is 0 Å². The van der Waals surface area contributed by atoms with E-state index in [1.54, 1.807) is 17.6 Å². The normalized spacial score (nSPS) is 11.7. The van der Waals surface area contributed by atoms with Gasteiger partial charge in [-0.2, -0.15) is 13.2 Å². The molecule has 1 aromatic carbocycles. The highest BCUT2D eigenvalue weighted by molar-refractivity contribution is 7.09. The molecule has 0 bridgehead atoms. The van der Waals surface area contributed by atoms with Gasteiger partial charge in [-0.15, -0.1) is 11.3 Å². The number of alkyl halides is 3. The molecule has 0 fully saturated rings. The number of halogens is 3. The van der Waals surface area contributed by atoms with Gasteiger partial charge in [-0.1, -0.05) is 0 Å². The lowest BCUT2D eigenvalue weighted by molar-refractivity contribution is -0.140. The molecule has 0 spiro atoms. The molecule has 0 saturated heterocycles. The molecule has 4 aromatic rings. The minimum atomic E-state index is -4.62. The number of pyridine rings is 1. The zero-order valence-corrected chi connectivity index (χ0v) is 17.4. The van der Waals surface area contributed by atoms with Gasteiger partial charge in [0.2, 0.25) is 5.89 Å². The largest absolute Gasteiger partial charge is 0.494 e. The Hall–Kier alpha value is -3.51. The van der Waals surface area contributed by atoms with Gasteiger partial charge in [-0.3, -0.25) is 4.79 Å². The first-order valence-corrected chi connectivity index (χ1v) is 10.1. The number of nitrogens with zero attached hydrogens (tertiary/aromatic N) is 3. The van der Waals surface area contributed by atoms with Crippen molar-refractivity contribution in [2.45, 2.75) is 19.3 Å². The Morgan fingerprint density at radius 1 is 1.25 bits per heavy atom. The number of thiazole rings is 1. The number of benzene rings is 1. The van der Waals surface area contributed by atoms with Crippen LogP contribution >= 0.6 is 11.3 Å². The molecule has 3 heterocycles. The Morgan fingerprint density at radius 3 is 2.72 bits per heavy atom. The second-order valence-corrected chi connectivity index (χ2v) is 7.49. The van der Waals surface area contributed by atoms with Crippen LogP contribution in [-0.2, 0) is 19.3 Å². The zero-order chi connectivity index (χ0) is 22.9. The molecule has 0 unspecified atom stereocenters. The molecule has 3 N–H and O–H groups in total. The third-order valence-corrected chi connectivity index (χ3v) is 5.32. The lowest BCUT2D eigenvalue weighted by atomic mass is 10.1. The van der Waals surface area contributed by atoms with Crippen molar-refractivity contribution < 1.29 is 27.1 Å². The molecular weight excluding hydrogens is 447 g/mol. The van der Waals surface area contributed by atoms with Crippen LogP contribution in [0.4, 0.5) is 13.2 Å². The number of methoxy groups -OCH3 is 1. The van der Waals surface area contributed by atoms with Crippen LogP contribution in [0.1, 0.15) is 27.0 Å². The van der Waals surface area contributed by atoms with Gasteiger partial charge in [-0.05, 0) is 24.3 Å². The van der Waals surface area contributed by atoms with Crippen molar-refractivity contribution in [1.29, 1.82) is 0 Å². The summed E-state index contributed by atoms with van der Waals surface area (Å²) in [4.78, 5) is 24.7. The molecule has 0 aliphatic carbocycles. The summed E-state index contributed by atoms with van der Waals surface area (Å²) in [5.74, 6) is -0.188. The molecule has 0 saturated carbocycles. The van der Waals surface area contributed by atoms with Gasteiger partial charge in [0.1, 0.15) is 22.0 Å². The van der Waals surface area contributed by atoms with E-state index in [0.29, 0.717) is 16.0 Å². The molecule has 12 heteroatoms. The molecule has 0 aliphatic rings. The van der Waals surface area contributed by atoms with E-state index in [-0.39, 0.29) is 41.7 Å². The first-order valence-electron chi connectivity index (χ1n) is 9.23. The summed E-state index contributed by atoms with van der Waals surface area (Å²) >= 11 is 1.39. The maximum atomic E-state index is 13.1. The van der Waals surface area contributed by atoms with Gasteiger partial charge in [0.05, 0.1) is 20.2 Å². The van der Waals surface area contributed by atoms with Crippen LogP contribution < -0.4 is 15.8 Å². The van der Waals surface area contributed by atoms with E-state index in [4.69, 9.17) is 14.9 Å². The van der Waals surface area contributed by atoms with Gasteiger partial charge >= 0.3 is 6.18 Å². The summed E-state index contributed by atoms with van der Waals surface area (Å²) in [6, 6.07) is 5.15. The van der Waals surface area contributed by atoms with Crippen molar-refractivity contribution >= 4 is 28.1 Å². The summed E-state index contributed by atoms with van der Waals surface area (Å²) in [6.45, 7) is 0.107. The molecule has 1 amide bonds. The number of hydrogen-bond acceptors (Lipinski definition) is 8. The smallest absolute Gasteiger partial charge is 0.433 e. The van der Waals surface area contributed by atoms with E-state index >= 15 is 0 Å². The van der Waals surface area contributed by atoms with Gasteiger partial charge in [-0.25, -0.2) is 15.0 Å². The fraction of sp³-hybridized carbons (Fsp3) is 0.200. The number of nitrogens with two attached hydrogens (primary N) is 1. The molecule has 0 atom stereocenters. The van der Waals surface area contributed by atoms with Crippen molar-refractivity contribution in [3.8, 4) is 17.2 Å². The topological polar surface area (TPSA) is 116 Å². The van der Waals surface area contributed by atoms with Crippen molar-refractivity contribution in [2.75, 3.05) is 7.11 Å². The number of nitrogens with one attached hydrogen (secondary N) is 1. The second kappa shape index (κ2) is 8.55. The maximum Gasteiger partial charge on any atom is 0.433 e. The van der Waals surface area contributed by atoms with Gasteiger partial charge in [0.25, 0.3) is 5.91 Å². The van der Waals surface area contributed by atoms with Crippen LogP contribution in [0.5, 0.6) is 5.75 Å². The second-order valence-electron chi connectivity index (χ2n) is 6.51. The number of carbonyl (C=O) groups excluding carboxylic acids is 1. The predicted octanol–water partition coefficient (Wildman–Crippen LogP) is 3.76. The van der Waals surface area contributed by atoms with E-state index in [0.717, 1.165) is 6.07 Å². The number of ether oxygens (including phenoxy) is 1. The lowest BCUT2D eigenvalue weighted by Crippen LogP contribution is -2.24. The van der Waals surface area contributed by atoms with E-state index < -0.39 is 17.8 Å². The Morgan fingerprint density at radius 2 is 2.06 bits per heavy atom. The van der Waals surface area contributed by atoms with E-state index in [9.17, 15) is 18.0 Å². The van der Waals surface area contributed by atoms with Gasteiger partial charge < -0.3 is 20.2 Å². The van der Waals surface area contributed by atoms with Gasteiger partial charge in [0, 0.05) is 22.5 Å². The molecule has 32 heavy (non-hydrogen) atoms. The number of fused-ring (bicyclic) bond motifs is 1. The highest BCUT2D eigenvalue weighted by atomic mass is 32.1. The maximum absolute atomic E-state index is 13.1. The highest BCUT2D eigenvalue weighted by Crippen LogP contribution is 2.36. The molecular formula is C20H16F3N5O3S. The van der Waals surface area contributed by atoms with Crippen LogP contribution in [0.3, 0.4) is 0 Å². The number of aromatic nitrogens is 3. The van der Waals surface area contributed by atoms with Crippen molar-refractivity contribution in [1.82, 2.24) is 20.3 Å². The lowest BCUT2D eigenvalue weighted by Gasteiger charge is -2.11. The van der Waals surface area contributed by atoms with Crippen LogP contribution in [0.2, 0.25) is 0 Å². The quantitative estimate of drug-likeness (QED) is 0.447. The van der Waals surface area contributed by atoms with Crippen molar-refractivity contribution in [3.05, 3.63) is 58.0 Å². The Balaban J connectivity index is 1.74. The monoisotopic (exact) mass is 463 g/mol. The standard InChI is InChI=1S/C20H16F3N5O3S/c1-30-12-4-2-11(10-3-5-14(20(21,22)23)27-16(10)12)19-28-17(13(8-24)31-19)18(29)26-9-15-25-6-7-32-15/h2-7H,8-9,24H2,1H3,(H,26,29). The first-order chi connectivity index (χ1) is 15.3. The highest BCUT2D eigenvalue weighted by Gasteiger charge is 2.33. The average Bonchev–Trinajstić information content (AvgIpc) is 3.45. The van der Waals surface area contributed by atoms with Crippen molar-refractivity contribution in [2.24, 2.45) is 5.73 Å². The molecule has 0 radical (unpaired) electrons. The number of amides is 1. The first kappa shape index (κ1) is 21.7. The summed E-state index contributed by atoms with van der Waals surface area (Å²) < 4.78 is 50.3. The van der Waals surface area contributed by atoms with Crippen LogP contribution in [0.15, 0.2) is 40.3 Å². The van der Waals surface area contributed by atoms with Crippen LogP contribution in [0, 0.1) is 0 Å². The molecule has 8 nitrogen and oxygen atoms in total. The number of hydrogen-bond donors (Lipinski definition) is 2. The Kier molecular flexibility index (Phi) is 5.80. The number of carbonyl (C=O) groups is 1. The molecule has 4 rings (SSSR count). The van der Waals surface area contributed by atoms with Gasteiger partial charge in [0.15, 0.2) is 11.5 Å². The fourth-order valence-corrected chi connectivity index (χ4v) is 3.62. The third-order valence-electron chi connectivity index (χ3n) is 4.54. The Labute approximate surface area is 183 Å². The van der Waals surface area contributed by atoms with E-state index in [1.165, 1.54) is 30.6 Å². The summed E-state index contributed by atoms with van der Waals surface area (Å²) in [5, 5.41) is 5.51. The number of oxazole rings is 1.